The van der Waals surface area contributed by atoms with Gasteiger partial charge in [0.25, 0.3) is 0 Å². The Morgan fingerprint density at radius 2 is 1.61 bits per heavy atom. The highest BCUT2D eigenvalue weighted by molar-refractivity contribution is 6.28. The third-order valence-electron chi connectivity index (χ3n) is 6.74. The summed E-state index contributed by atoms with van der Waals surface area (Å²) >= 11 is 0. The molecule has 5 aromatic rings. The average Bonchev–Trinajstić information content (AvgIpc) is 2.86. The van der Waals surface area contributed by atoms with Crippen LogP contribution in [0.25, 0.3) is 43.5 Å². The first-order valence-corrected chi connectivity index (χ1v) is 11.1. The molecule has 11 heteroatoms. The summed E-state index contributed by atoms with van der Waals surface area (Å²) in [5.41, 5.74) is -0.864. The minimum atomic E-state index is -1.70. The van der Waals surface area contributed by atoms with Crippen molar-refractivity contribution in [3.05, 3.63) is 56.7 Å². The van der Waals surface area contributed by atoms with Crippen molar-refractivity contribution in [2.24, 2.45) is 0 Å². The topological polar surface area (TPSA) is 180 Å². The van der Waals surface area contributed by atoms with E-state index in [0.29, 0.717) is 10.9 Å². The van der Waals surface area contributed by atoms with E-state index in [9.17, 15) is 35.1 Å². The first-order valence-electron chi connectivity index (χ1n) is 11.1. The minimum Gasteiger partial charge on any atom is -0.506 e. The lowest BCUT2D eigenvalue weighted by Crippen LogP contribution is -2.60. The zero-order valence-electron chi connectivity index (χ0n) is 18.7. The number of aliphatic hydroxyl groups excluding tert-OH is 4. The third kappa shape index (κ3) is 2.98. The van der Waals surface area contributed by atoms with Crippen molar-refractivity contribution in [3.8, 4) is 11.5 Å². The number of aryl methyl sites for hydroxylation is 1. The maximum atomic E-state index is 13.1. The summed E-state index contributed by atoms with van der Waals surface area (Å²) in [7, 11) is 0. The van der Waals surface area contributed by atoms with Crippen molar-refractivity contribution >= 4 is 43.5 Å². The first-order chi connectivity index (χ1) is 17.2. The summed E-state index contributed by atoms with van der Waals surface area (Å²) in [6.07, 6.45) is -7.72. The van der Waals surface area contributed by atoms with Gasteiger partial charge in [-0.25, -0.2) is 9.59 Å². The van der Waals surface area contributed by atoms with Crippen LogP contribution in [0.4, 0.5) is 0 Å². The van der Waals surface area contributed by atoms with Crippen LogP contribution in [0.2, 0.25) is 0 Å². The van der Waals surface area contributed by atoms with E-state index in [2.05, 4.69) is 0 Å². The highest BCUT2D eigenvalue weighted by Gasteiger charge is 2.45. The van der Waals surface area contributed by atoms with E-state index in [1.807, 2.05) is 0 Å². The summed E-state index contributed by atoms with van der Waals surface area (Å²) in [5.74, 6) is -0.446. The quantitative estimate of drug-likeness (QED) is 0.136. The molecule has 0 bridgehead atoms. The molecule has 186 valence electrons. The van der Waals surface area contributed by atoms with Crippen LogP contribution in [0.15, 0.2) is 48.8 Å². The van der Waals surface area contributed by atoms with Gasteiger partial charge in [-0.05, 0) is 24.6 Å². The fourth-order valence-corrected chi connectivity index (χ4v) is 4.96. The van der Waals surface area contributed by atoms with Crippen molar-refractivity contribution in [2.45, 2.75) is 37.6 Å². The van der Waals surface area contributed by atoms with E-state index in [-0.39, 0.29) is 43.8 Å². The second kappa shape index (κ2) is 7.88. The molecular formula is C25H20O11. The molecule has 0 radical (unpaired) electrons. The van der Waals surface area contributed by atoms with E-state index in [0.717, 1.165) is 0 Å². The number of phenolic OH excluding ortho intramolecular Hbond substituents is 1. The van der Waals surface area contributed by atoms with E-state index in [4.69, 9.17) is 18.3 Å². The Bertz CT molecular complexity index is 1770. The molecule has 0 aliphatic carbocycles. The van der Waals surface area contributed by atoms with Gasteiger partial charge in [-0.2, -0.15) is 0 Å². The monoisotopic (exact) mass is 496 g/mol. The lowest BCUT2D eigenvalue weighted by atomic mass is 9.96. The molecule has 0 saturated carbocycles. The molecule has 5 atom stereocenters. The van der Waals surface area contributed by atoms with Crippen LogP contribution >= 0.6 is 0 Å². The molecule has 1 aliphatic rings. The predicted octanol–water partition coefficient (Wildman–Crippen LogP) is 0.836. The lowest BCUT2D eigenvalue weighted by Gasteiger charge is -2.39. The second-order valence-corrected chi connectivity index (χ2v) is 8.83. The largest absolute Gasteiger partial charge is 0.506 e. The summed E-state index contributed by atoms with van der Waals surface area (Å²) in [6.45, 7) is 1.05. The summed E-state index contributed by atoms with van der Waals surface area (Å²) in [5, 5.41) is 51.9. The number of hydrogen-bond donors (Lipinski definition) is 5. The van der Waals surface area contributed by atoms with Gasteiger partial charge in [0.2, 0.25) is 6.29 Å². The Hall–Kier alpha value is -3.74. The van der Waals surface area contributed by atoms with Crippen LogP contribution in [0.5, 0.6) is 11.5 Å². The molecule has 6 rings (SSSR count). The molecule has 11 nitrogen and oxygen atoms in total. The summed E-state index contributed by atoms with van der Waals surface area (Å²) in [4.78, 5) is 25.9. The third-order valence-corrected chi connectivity index (χ3v) is 6.74. The Morgan fingerprint density at radius 1 is 0.861 bits per heavy atom. The maximum absolute atomic E-state index is 13.1. The van der Waals surface area contributed by atoms with Crippen LogP contribution in [0.3, 0.4) is 0 Å². The van der Waals surface area contributed by atoms with Gasteiger partial charge < -0.3 is 43.8 Å². The molecule has 36 heavy (non-hydrogen) atoms. The number of hydrogen-bond acceptors (Lipinski definition) is 11. The molecule has 3 aromatic carbocycles. The average molecular weight is 496 g/mol. The van der Waals surface area contributed by atoms with Crippen LogP contribution < -0.4 is 16.0 Å². The second-order valence-electron chi connectivity index (χ2n) is 8.83. The van der Waals surface area contributed by atoms with Crippen LogP contribution in [0, 0.1) is 6.92 Å². The van der Waals surface area contributed by atoms with Gasteiger partial charge in [-0.1, -0.05) is 18.2 Å². The summed E-state index contributed by atoms with van der Waals surface area (Å²) < 4.78 is 22.4. The van der Waals surface area contributed by atoms with Gasteiger partial charge >= 0.3 is 11.3 Å². The van der Waals surface area contributed by atoms with Crippen molar-refractivity contribution < 1.29 is 43.8 Å². The van der Waals surface area contributed by atoms with Gasteiger partial charge in [0.05, 0.1) is 17.4 Å². The van der Waals surface area contributed by atoms with E-state index < -0.39 is 54.3 Å². The van der Waals surface area contributed by atoms with E-state index in [1.54, 1.807) is 19.1 Å². The minimum absolute atomic E-state index is 0.0191. The molecule has 0 unspecified atom stereocenters. The van der Waals surface area contributed by atoms with Gasteiger partial charge in [0.1, 0.15) is 46.9 Å². The number of rotatable bonds is 3. The highest BCUT2D eigenvalue weighted by atomic mass is 16.7. The molecule has 0 amide bonds. The normalized spacial score (nSPS) is 24.9. The number of benzene rings is 3. The highest BCUT2D eigenvalue weighted by Crippen LogP contribution is 2.45. The first kappa shape index (κ1) is 22.7. The standard InChI is InChI=1S/C25H20O11/c1-8-5-6-11-15-13(8)23(31)36-22-14-9(18(27)17(16(15)22)24(32)33-11)3-2-4-10(14)34-25-21(30)20(29)19(28)12(7-26)35-25/h2-6,12,19-21,25-30H,7H2,1H3/t12-,19-,20+,21-,25+/m1/s1. The Labute approximate surface area is 200 Å². The molecule has 5 N–H and O–H groups in total. The Balaban J connectivity index is 1.68. The van der Waals surface area contributed by atoms with Crippen molar-refractivity contribution in [1.82, 2.24) is 0 Å². The fraction of sp³-hybridized carbons (Fsp3) is 0.280. The van der Waals surface area contributed by atoms with Crippen molar-refractivity contribution in [2.75, 3.05) is 6.61 Å². The fourth-order valence-electron chi connectivity index (χ4n) is 4.96. The number of ether oxygens (including phenoxy) is 2. The van der Waals surface area contributed by atoms with E-state index in [1.165, 1.54) is 18.2 Å². The lowest BCUT2D eigenvalue weighted by molar-refractivity contribution is -0.277. The Kier molecular flexibility index (Phi) is 4.97. The molecule has 1 aliphatic heterocycles. The molecule has 3 heterocycles. The number of fused-ring (bicyclic) bond motifs is 2. The van der Waals surface area contributed by atoms with Crippen molar-refractivity contribution in [1.29, 1.82) is 0 Å². The van der Waals surface area contributed by atoms with Gasteiger partial charge in [-0.15, -0.1) is 0 Å². The Morgan fingerprint density at radius 3 is 2.36 bits per heavy atom. The van der Waals surface area contributed by atoms with Gasteiger partial charge in [-0.3, -0.25) is 0 Å². The molecule has 1 fully saturated rings. The number of aromatic hydroxyl groups is 1. The smallest absolute Gasteiger partial charge is 0.348 e. The van der Waals surface area contributed by atoms with Crippen LogP contribution in [0.1, 0.15) is 5.56 Å². The predicted molar refractivity (Wildman–Crippen MR) is 126 cm³/mol. The number of phenols is 1. The molecular weight excluding hydrogens is 476 g/mol. The SMILES string of the molecule is Cc1ccc2oc(=O)c3c(O)c4cccc(O[C@H]5O[C@H](CO)[C@@H](O)[C@H](O)[C@H]5O)c4c4oc(=O)c1c2c34. The maximum Gasteiger partial charge on any atom is 0.348 e. The number of aliphatic hydroxyl groups is 4. The molecule has 0 spiro atoms. The van der Waals surface area contributed by atoms with Gasteiger partial charge in [0, 0.05) is 16.2 Å². The zero-order chi connectivity index (χ0) is 25.5. The van der Waals surface area contributed by atoms with Crippen LogP contribution in [-0.2, 0) is 4.74 Å². The zero-order valence-corrected chi connectivity index (χ0v) is 18.7. The van der Waals surface area contributed by atoms with Crippen molar-refractivity contribution in [3.63, 3.8) is 0 Å². The van der Waals surface area contributed by atoms with Gasteiger partial charge in [0.15, 0.2) is 5.58 Å². The van der Waals surface area contributed by atoms with Crippen LogP contribution in [-0.4, -0.2) is 62.8 Å². The summed E-state index contributed by atoms with van der Waals surface area (Å²) in [6, 6.07) is 7.59. The molecule has 2 aromatic heterocycles. The van der Waals surface area contributed by atoms with E-state index >= 15 is 0 Å². The molecule has 1 saturated heterocycles.